The fourth-order valence-corrected chi connectivity index (χ4v) is 9.02. The van der Waals surface area contributed by atoms with Crippen molar-refractivity contribution < 1.29 is 23.0 Å². The van der Waals surface area contributed by atoms with E-state index >= 15 is 0 Å². The summed E-state index contributed by atoms with van der Waals surface area (Å²) < 4.78 is 43.5. The molecule has 0 saturated heterocycles. The van der Waals surface area contributed by atoms with E-state index < -0.39 is 14.2 Å². The number of methoxy groups -OCH3 is 1. The standard InChI is InChI=1S/C22H34F2O3Si/c1-17(2)28(18(3)4,19(5)6)15-12-22(23,24)27-14-13-26-16-20-8-10-21(25-7)11-9-20/h8-11,17-19H,13-14,16H2,1-7H3. The molecule has 1 rings (SSSR count). The topological polar surface area (TPSA) is 27.7 Å². The number of ether oxygens (including phenoxy) is 3. The summed E-state index contributed by atoms with van der Waals surface area (Å²) in [5.41, 5.74) is 4.83. The highest BCUT2D eigenvalue weighted by atomic mass is 28.3. The van der Waals surface area contributed by atoms with Crippen LogP contribution >= 0.6 is 0 Å². The Hall–Kier alpha value is -1.42. The average Bonchev–Trinajstić information content (AvgIpc) is 2.61. The third-order valence-corrected chi connectivity index (χ3v) is 11.5. The predicted octanol–water partition coefficient (Wildman–Crippen LogP) is 6.04. The van der Waals surface area contributed by atoms with Crippen LogP contribution in [-0.2, 0) is 16.1 Å². The molecule has 1 aromatic carbocycles. The fourth-order valence-electron chi connectivity index (χ4n) is 3.79. The second-order valence-electron chi connectivity index (χ2n) is 7.91. The number of alkyl halides is 2. The molecule has 0 spiro atoms. The summed E-state index contributed by atoms with van der Waals surface area (Å²) in [5, 5.41) is 0. The summed E-state index contributed by atoms with van der Waals surface area (Å²) in [6.45, 7) is 12.7. The zero-order valence-corrected chi connectivity index (χ0v) is 19.1. The molecule has 0 bridgehead atoms. The van der Waals surface area contributed by atoms with Gasteiger partial charge in [-0.3, -0.25) is 0 Å². The van der Waals surface area contributed by atoms with Gasteiger partial charge >= 0.3 is 6.11 Å². The first-order chi connectivity index (χ1) is 13.0. The van der Waals surface area contributed by atoms with Crippen molar-refractivity contribution in [1.82, 2.24) is 0 Å². The highest BCUT2D eigenvalue weighted by Gasteiger charge is 2.42. The summed E-state index contributed by atoms with van der Waals surface area (Å²) >= 11 is 0. The van der Waals surface area contributed by atoms with Gasteiger partial charge in [-0.2, -0.15) is 8.78 Å². The van der Waals surface area contributed by atoms with Crippen molar-refractivity contribution >= 4 is 8.07 Å². The first-order valence-electron chi connectivity index (χ1n) is 9.82. The zero-order valence-electron chi connectivity index (χ0n) is 18.1. The summed E-state index contributed by atoms with van der Waals surface area (Å²) in [4.78, 5) is 0. The van der Waals surface area contributed by atoms with Crippen LogP contribution < -0.4 is 4.74 Å². The molecule has 0 saturated carbocycles. The van der Waals surface area contributed by atoms with Crippen LogP contribution in [0.3, 0.4) is 0 Å². The Labute approximate surface area is 169 Å². The van der Waals surface area contributed by atoms with Crippen LogP contribution in [-0.4, -0.2) is 34.5 Å². The molecule has 28 heavy (non-hydrogen) atoms. The SMILES string of the molecule is COc1ccc(COCCOC(F)(F)C#C[Si](C(C)C)(C(C)C)C(C)C)cc1. The molecule has 0 aliphatic carbocycles. The molecule has 0 amide bonds. The summed E-state index contributed by atoms with van der Waals surface area (Å²) in [6, 6.07) is 7.39. The highest BCUT2D eigenvalue weighted by molar-refractivity contribution is 6.90. The van der Waals surface area contributed by atoms with Gasteiger partial charge in [-0.05, 0) is 40.2 Å². The van der Waals surface area contributed by atoms with Gasteiger partial charge in [0, 0.05) is 0 Å². The van der Waals surface area contributed by atoms with E-state index in [1.165, 1.54) is 0 Å². The quantitative estimate of drug-likeness (QED) is 0.266. The Morgan fingerprint density at radius 2 is 1.46 bits per heavy atom. The number of hydrogen-bond donors (Lipinski definition) is 0. The van der Waals surface area contributed by atoms with Gasteiger partial charge in [0.1, 0.15) is 13.8 Å². The Balaban J connectivity index is 2.58. The van der Waals surface area contributed by atoms with Crippen molar-refractivity contribution in [3.63, 3.8) is 0 Å². The maximum absolute atomic E-state index is 14.1. The van der Waals surface area contributed by atoms with Gasteiger partial charge in [0.2, 0.25) is 0 Å². The minimum atomic E-state index is -3.46. The van der Waals surface area contributed by atoms with E-state index in [0.29, 0.717) is 23.2 Å². The van der Waals surface area contributed by atoms with E-state index in [1.807, 2.05) is 24.3 Å². The van der Waals surface area contributed by atoms with Crippen molar-refractivity contribution in [2.24, 2.45) is 0 Å². The molecule has 0 aliphatic rings. The maximum Gasteiger partial charge on any atom is 0.422 e. The fraction of sp³-hybridized carbons (Fsp3) is 0.636. The minimum Gasteiger partial charge on any atom is -0.497 e. The lowest BCUT2D eigenvalue weighted by Gasteiger charge is -2.38. The molecule has 0 radical (unpaired) electrons. The van der Waals surface area contributed by atoms with Gasteiger partial charge in [0.15, 0.2) is 0 Å². The molecule has 0 aliphatic heterocycles. The number of halogens is 2. The average molecular weight is 413 g/mol. The maximum atomic E-state index is 14.1. The Kier molecular flexibility index (Phi) is 9.62. The molecule has 0 unspecified atom stereocenters. The van der Waals surface area contributed by atoms with Crippen molar-refractivity contribution in [3.8, 4) is 17.2 Å². The Bertz CT molecular complexity index is 624. The lowest BCUT2D eigenvalue weighted by Crippen LogP contribution is -2.43. The summed E-state index contributed by atoms with van der Waals surface area (Å²) in [7, 11) is -0.607. The predicted molar refractivity (Wildman–Crippen MR) is 112 cm³/mol. The number of rotatable bonds is 10. The van der Waals surface area contributed by atoms with Crippen LogP contribution in [0.15, 0.2) is 24.3 Å². The van der Waals surface area contributed by atoms with Crippen LogP contribution in [0.25, 0.3) is 0 Å². The van der Waals surface area contributed by atoms with Crippen molar-refractivity contribution in [2.75, 3.05) is 20.3 Å². The first kappa shape index (κ1) is 24.6. The molecular weight excluding hydrogens is 378 g/mol. The monoisotopic (exact) mass is 412 g/mol. The highest BCUT2D eigenvalue weighted by Crippen LogP contribution is 2.41. The third-order valence-electron chi connectivity index (χ3n) is 5.23. The number of hydrogen-bond acceptors (Lipinski definition) is 3. The molecule has 0 fully saturated rings. The lowest BCUT2D eigenvalue weighted by atomic mass is 10.2. The van der Waals surface area contributed by atoms with E-state index in [0.717, 1.165) is 11.3 Å². The van der Waals surface area contributed by atoms with Crippen LogP contribution in [0.1, 0.15) is 47.1 Å². The molecule has 0 heterocycles. The minimum absolute atomic E-state index is 0.0738. The second kappa shape index (κ2) is 10.9. The molecule has 3 nitrogen and oxygen atoms in total. The van der Waals surface area contributed by atoms with Crippen LogP contribution in [0.2, 0.25) is 16.6 Å². The van der Waals surface area contributed by atoms with Crippen LogP contribution in [0, 0.1) is 11.5 Å². The van der Waals surface area contributed by atoms with Gasteiger partial charge in [-0.1, -0.05) is 53.7 Å². The number of benzene rings is 1. The molecule has 6 heteroatoms. The largest absolute Gasteiger partial charge is 0.497 e. The van der Waals surface area contributed by atoms with E-state index in [9.17, 15) is 8.78 Å². The van der Waals surface area contributed by atoms with Gasteiger partial charge in [-0.25, -0.2) is 0 Å². The van der Waals surface area contributed by atoms with Gasteiger partial charge in [-0.15, -0.1) is 5.54 Å². The van der Waals surface area contributed by atoms with Gasteiger partial charge in [0.05, 0.1) is 26.9 Å². The molecule has 0 N–H and O–H groups in total. The first-order valence-corrected chi connectivity index (χ1v) is 12.0. The Morgan fingerprint density at radius 1 is 0.929 bits per heavy atom. The second-order valence-corrected chi connectivity index (χ2v) is 13.5. The van der Waals surface area contributed by atoms with E-state index in [4.69, 9.17) is 14.2 Å². The van der Waals surface area contributed by atoms with Crippen molar-refractivity contribution in [1.29, 1.82) is 0 Å². The van der Waals surface area contributed by atoms with Crippen molar-refractivity contribution in [3.05, 3.63) is 29.8 Å². The Morgan fingerprint density at radius 3 is 1.93 bits per heavy atom. The van der Waals surface area contributed by atoms with Crippen LogP contribution in [0.4, 0.5) is 8.78 Å². The molecular formula is C22H34F2O3Si. The smallest absolute Gasteiger partial charge is 0.422 e. The van der Waals surface area contributed by atoms with Crippen molar-refractivity contribution in [2.45, 2.75) is 70.9 Å². The van der Waals surface area contributed by atoms with Gasteiger partial charge < -0.3 is 14.2 Å². The third kappa shape index (κ3) is 6.88. The van der Waals surface area contributed by atoms with Gasteiger partial charge in [0.25, 0.3) is 0 Å². The molecule has 1 aromatic rings. The molecule has 0 aromatic heterocycles. The normalized spacial score (nSPS) is 12.4. The zero-order chi connectivity index (χ0) is 21.4. The van der Waals surface area contributed by atoms with E-state index in [-0.39, 0.29) is 13.2 Å². The van der Waals surface area contributed by atoms with E-state index in [1.54, 1.807) is 7.11 Å². The summed E-state index contributed by atoms with van der Waals surface area (Å²) in [5.74, 6) is 2.91. The van der Waals surface area contributed by atoms with E-state index in [2.05, 4.69) is 53.0 Å². The summed E-state index contributed by atoms with van der Waals surface area (Å²) in [6.07, 6.45) is -3.46. The lowest BCUT2D eigenvalue weighted by molar-refractivity contribution is -0.199. The van der Waals surface area contributed by atoms with Crippen LogP contribution in [0.5, 0.6) is 5.75 Å². The molecule has 0 atom stereocenters. The molecule has 158 valence electrons.